The molecule has 3 amide bonds. The zero-order valence-corrected chi connectivity index (χ0v) is 18.5. The molecule has 0 aliphatic carbocycles. The van der Waals surface area contributed by atoms with Crippen molar-refractivity contribution >= 4 is 29.1 Å². The fraction of sp³-hybridized carbons (Fsp3) is 0.231. The molecule has 2 aromatic carbocycles. The van der Waals surface area contributed by atoms with Crippen molar-refractivity contribution in [2.24, 2.45) is 0 Å². The molecule has 1 aliphatic rings. The quantitative estimate of drug-likeness (QED) is 0.554. The van der Waals surface area contributed by atoms with Gasteiger partial charge in [-0.15, -0.1) is 0 Å². The highest BCUT2D eigenvalue weighted by molar-refractivity contribution is 6.37. The number of benzene rings is 2. The van der Waals surface area contributed by atoms with Crippen LogP contribution < -0.4 is 10.2 Å². The van der Waals surface area contributed by atoms with Crippen LogP contribution in [-0.4, -0.2) is 22.7 Å². The van der Waals surface area contributed by atoms with E-state index >= 15 is 0 Å². The van der Waals surface area contributed by atoms with Crippen molar-refractivity contribution in [3.63, 3.8) is 0 Å². The van der Waals surface area contributed by atoms with Crippen LogP contribution in [0, 0.1) is 0 Å². The molecule has 6 nitrogen and oxygen atoms in total. The number of nitrogens with zero attached hydrogens (tertiary/aromatic N) is 2. The number of carbonyl (C=O) groups excluding carboxylic acids is 3. The van der Waals surface area contributed by atoms with Crippen molar-refractivity contribution in [2.75, 3.05) is 10.2 Å². The third-order valence-electron chi connectivity index (χ3n) is 5.65. The largest absolute Gasteiger partial charge is 0.321 e. The Balaban J connectivity index is 1.82. The molecule has 4 rings (SSSR count). The maximum Gasteiger partial charge on any atom is 0.266 e. The number of fused-ring (bicyclic) bond motifs is 1. The van der Waals surface area contributed by atoms with Gasteiger partial charge in [-0.25, -0.2) is 4.90 Å². The predicted octanol–water partition coefficient (Wildman–Crippen LogP) is 5.38. The highest BCUT2D eigenvalue weighted by Crippen LogP contribution is 2.40. The highest BCUT2D eigenvalue weighted by atomic mass is 16.2. The Kier molecular flexibility index (Phi) is 5.61. The van der Waals surface area contributed by atoms with E-state index in [2.05, 4.69) is 10.3 Å². The lowest BCUT2D eigenvalue weighted by atomic mass is 9.92. The second-order valence-corrected chi connectivity index (χ2v) is 8.46. The predicted molar refractivity (Wildman–Crippen MR) is 124 cm³/mol. The zero-order valence-electron chi connectivity index (χ0n) is 18.5. The summed E-state index contributed by atoms with van der Waals surface area (Å²) in [5.41, 5.74) is 3.52. The molecule has 1 aromatic heterocycles. The molecule has 0 radical (unpaired) electrons. The number of imide groups is 1. The standard InChI is InChI=1S/C26H25N3O3/c1-15(2)18-9-5-10-19(16(3)4)23(18)29-25(31)21-12-6-11-20(22(21)26(29)32)24(30)28-17-8-7-13-27-14-17/h5-16H,1-4H3,(H,28,30). The number of para-hydroxylation sites is 1. The summed E-state index contributed by atoms with van der Waals surface area (Å²) in [7, 11) is 0. The van der Waals surface area contributed by atoms with Crippen LogP contribution in [0.1, 0.15) is 81.7 Å². The van der Waals surface area contributed by atoms with E-state index in [-0.39, 0.29) is 28.5 Å². The van der Waals surface area contributed by atoms with Crippen molar-refractivity contribution in [3.8, 4) is 0 Å². The Morgan fingerprint density at radius 1 is 0.875 bits per heavy atom. The molecule has 2 heterocycles. The maximum absolute atomic E-state index is 13.6. The molecule has 0 saturated heterocycles. The average molecular weight is 428 g/mol. The summed E-state index contributed by atoms with van der Waals surface area (Å²) in [6, 6.07) is 14.1. The monoisotopic (exact) mass is 427 g/mol. The summed E-state index contributed by atoms with van der Waals surface area (Å²) in [5, 5.41) is 2.75. The minimum atomic E-state index is -0.475. The fourth-order valence-corrected chi connectivity index (χ4v) is 4.08. The number of anilines is 2. The first kappa shape index (κ1) is 21.4. The van der Waals surface area contributed by atoms with Crippen LogP contribution in [0.3, 0.4) is 0 Å². The fourth-order valence-electron chi connectivity index (χ4n) is 4.08. The van der Waals surface area contributed by atoms with E-state index in [9.17, 15) is 14.4 Å². The zero-order chi connectivity index (χ0) is 23.0. The Morgan fingerprint density at radius 2 is 1.53 bits per heavy atom. The minimum absolute atomic E-state index is 0.112. The van der Waals surface area contributed by atoms with Gasteiger partial charge in [0.2, 0.25) is 0 Å². The second kappa shape index (κ2) is 8.38. The molecule has 1 N–H and O–H groups in total. The lowest BCUT2D eigenvalue weighted by Gasteiger charge is -2.25. The van der Waals surface area contributed by atoms with Gasteiger partial charge in [0.1, 0.15) is 0 Å². The lowest BCUT2D eigenvalue weighted by molar-refractivity contribution is 0.0919. The molecular weight excluding hydrogens is 402 g/mol. The molecule has 0 bridgehead atoms. The molecule has 0 atom stereocenters. The van der Waals surface area contributed by atoms with Crippen LogP contribution in [-0.2, 0) is 0 Å². The molecule has 0 fully saturated rings. The van der Waals surface area contributed by atoms with E-state index in [1.165, 1.54) is 11.1 Å². The number of hydrogen-bond acceptors (Lipinski definition) is 4. The van der Waals surface area contributed by atoms with Gasteiger partial charge in [0.05, 0.1) is 34.3 Å². The summed E-state index contributed by atoms with van der Waals surface area (Å²) in [6.07, 6.45) is 3.13. The highest BCUT2D eigenvalue weighted by Gasteiger charge is 2.41. The molecule has 6 heteroatoms. The first-order valence-electron chi connectivity index (χ1n) is 10.7. The second-order valence-electron chi connectivity index (χ2n) is 8.46. The number of pyridine rings is 1. The summed E-state index contributed by atoms with van der Waals surface area (Å²) >= 11 is 0. The third-order valence-corrected chi connectivity index (χ3v) is 5.65. The van der Waals surface area contributed by atoms with E-state index in [0.29, 0.717) is 11.4 Å². The van der Waals surface area contributed by atoms with E-state index in [0.717, 1.165) is 11.1 Å². The number of rotatable bonds is 5. The molecule has 0 unspecified atom stereocenters. The molecule has 162 valence electrons. The Bertz CT molecular complexity index is 1190. The number of carbonyl (C=O) groups is 3. The normalized spacial score (nSPS) is 13.1. The smallest absolute Gasteiger partial charge is 0.266 e. The number of aromatic nitrogens is 1. The van der Waals surface area contributed by atoms with Gasteiger partial charge < -0.3 is 5.32 Å². The molecule has 0 saturated carbocycles. The van der Waals surface area contributed by atoms with Crippen LogP contribution in [0.2, 0.25) is 0 Å². The van der Waals surface area contributed by atoms with Crippen molar-refractivity contribution in [2.45, 2.75) is 39.5 Å². The summed E-state index contributed by atoms with van der Waals surface area (Å²) < 4.78 is 0. The van der Waals surface area contributed by atoms with E-state index in [4.69, 9.17) is 0 Å². The van der Waals surface area contributed by atoms with Gasteiger partial charge in [0.15, 0.2) is 0 Å². The van der Waals surface area contributed by atoms with Crippen LogP contribution in [0.4, 0.5) is 11.4 Å². The molecule has 1 aliphatic heterocycles. The van der Waals surface area contributed by atoms with E-state index in [1.807, 2.05) is 45.9 Å². The topological polar surface area (TPSA) is 79.4 Å². The summed E-state index contributed by atoms with van der Waals surface area (Å²) in [6.45, 7) is 8.14. The number of hydrogen-bond donors (Lipinski definition) is 1. The number of amides is 3. The van der Waals surface area contributed by atoms with Crippen molar-refractivity contribution in [3.05, 3.63) is 88.7 Å². The summed E-state index contributed by atoms with van der Waals surface area (Å²) in [5.74, 6) is -1.12. The van der Waals surface area contributed by atoms with Crippen molar-refractivity contribution < 1.29 is 14.4 Å². The average Bonchev–Trinajstić information content (AvgIpc) is 3.03. The number of nitrogens with one attached hydrogen (secondary N) is 1. The van der Waals surface area contributed by atoms with Gasteiger partial charge >= 0.3 is 0 Å². The van der Waals surface area contributed by atoms with Crippen LogP contribution in [0.15, 0.2) is 60.9 Å². The lowest BCUT2D eigenvalue weighted by Crippen LogP contribution is -2.32. The van der Waals surface area contributed by atoms with Gasteiger partial charge in [-0.3, -0.25) is 19.4 Å². The molecule has 0 spiro atoms. The van der Waals surface area contributed by atoms with Crippen molar-refractivity contribution in [1.29, 1.82) is 0 Å². The van der Waals surface area contributed by atoms with Gasteiger partial charge in [-0.1, -0.05) is 52.0 Å². The molecular formula is C26H25N3O3. The van der Waals surface area contributed by atoms with Crippen LogP contribution in [0.25, 0.3) is 0 Å². The maximum atomic E-state index is 13.6. The third kappa shape index (κ3) is 3.58. The summed E-state index contributed by atoms with van der Waals surface area (Å²) in [4.78, 5) is 45.3. The first-order valence-corrected chi connectivity index (χ1v) is 10.7. The van der Waals surface area contributed by atoms with E-state index in [1.54, 1.807) is 36.5 Å². The van der Waals surface area contributed by atoms with E-state index < -0.39 is 17.7 Å². The van der Waals surface area contributed by atoms with Gasteiger partial charge in [-0.05, 0) is 47.2 Å². The van der Waals surface area contributed by atoms with Crippen LogP contribution in [0.5, 0.6) is 0 Å². The van der Waals surface area contributed by atoms with Gasteiger partial charge in [0.25, 0.3) is 17.7 Å². The van der Waals surface area contributed by atoms with Gasteiger partial charge in [0, 0.05) is 6.20 Å². The molecule has 32 heavy (non-hydrogen) atoms. The van der Waals surface area contributed by atoms with Crippen molar-refractivity contribution in [1.82, 2.24) is 4.98 Å². The first-order chi connectivity index (χ1) is 15.3. The minimum Gasteiger partial charge on any atom is -0.321 e. The Labute approximate surface area is 187 Å². The Morgan fingerprint density at radius 3 is 2.12 bits per heavy atom. The Hall–Kier alpha value is -3.80. The molecule has 3 aromatic rings. The SMILES string of the molecule is CC(C)c1cccc(C(C)C)c1N1C(=O)c2cccc(C(=O)Nc3cccnc3)c2C1=O. The van der Waals surface area contributed by atoms with Crippen LogP contribution >= 0.6 is 0 Å². The van der Waals surface area contributed by atoms with Gasteiger partial charge in [-0.2, -0.15) is 0 Å².